The molecule has 3 rings (SSSR count). The molecule has 3 aromatic heterocycles. The van der Waals surface area contributed by atoms with E-state index in [2.05, 4.69) is 67.3 Å². The van der Waals surface area contributed by atoms with Gasteiger partial charge in [0.05, 0.1) is 17.0 Å². The monoisotopic (exact) mass is 463 g/mol. The molecule has 0 aromatic carbocycles. The highest BCUT2D eigenvalue weighted by molar-refractivity contribution is 14.1. The zero-order valence-corrected chi connectivity index (χ0v) is 18.3. The van der Waals surface area contributed by atoms with E-state index in [1.165, 1.54) is 0 Å². The van der Waals surface area contributed by atoms with Crippen LogP contribution in [0.5, 0.6) is 0 Å². The molecule has 0 saturated heterocycles. The second-order valence-corrected chi connectivity index (χ2v) is 8.00. The van der Waals surface area contributed by atoms with Gasteiger partial charge in [-0.15, -0.1) is 0 Å². The third kappa shape index (κ3) is 3.56. The Labute approximate surface area is 169 Å². The zero-order chi connectivity index (χ0) is 18.8. The van der Waals surface area contributed by atoms with Crippen molar-refractivity contribution in [2.45, 2.75) is 47.5 Å². The number of halogens is 1. The number of nitrogens with zero attached hydrogens (tertiary/aromatic N) is 5. The minimum atomic E-state index is 0.895. The smallest absolute Gasteiger partial charge is 0.167 e. The lowest BCUT2D eigenvalue weighted by Gasteiger charge is -2.24. The van der Waals surface area contributed by atoms with Crippen LogP contribution < -0.4 is 4.90 Å². The van der Waals surface area contributed by atoms with E-state index in [0.717, 1.165) is 69.2 Å². The summed E-state index contributed by atoms with van der Waals surface area (Å²) >= 11 is 2.30. The van der Waals surface area contributed by atoms with Crippen molar-refractivity contribution in [3.63, 3.8) is 0 Å². The van der Waals surface area contributed by atoms with E-state index in [0.29, 0.717) is 0 Å². The Morgan fingerprint density at radius 1 is 1.08 bits per heavy atom. The van der Waals surface area contributed by atoms with Crippen molar-refractivity contribution < 1.29 is 0 Å². The molecule has 0 radical (unpaired) electrons. The summed E-state index contributed by atoms with van der Waals surface area (Å²) in [7, 11) is 0. The Morgan fingerprint density at radius 3 is 2.38 bits per heavy atom. The van der Waals surface area contributed by atoms with Crippen LogP contribution >= 0.6 is 22.6 Å². The van der Waals surface area contributed by atoms with Crippen molar-refractivity contribution in [3.8, 4) is 11.3 Å². The molecule has 0 aliphatic carbocycles. The SMILES string of the molecule is CCCN(CCC)c1cc(C)nc2c(-c3ncc(I)cc3C)c(C)nn12. The van der Waals surface area contributed by atoms with Crippen LogP contribution in [0.25, 0.3) is 16.9 Å². The third-order valence-electron chi connectivity index (χ3n) is 4.47. The first-order valence-electron chi connectivity index (χ1n) is 9.20. The molecule has 0 saturated carbocycles. The Morgan fingerprint density at radius 2 is 1.77 bits per heavy atom. The average molecular weight is 463 g/mol. The first-order valence-corrected chi connectivity index (χ1v) is 10.3. The molecule has 26 heavy (non-hydrogen) atoms. The summed E-state index contributed by atoms with van der Waals surface area (Å²) in [5.74, 6) is 1.12. The first-order chi connectivity index (χ1) is 12.5. The fourth-order valence-electron chi connectivity index (χ4n) is 3.41. The maximum absolute atomic E-state index is 4.85. The molecule has 0 fully saturated rings. The van der Waals surface area contributed by atoms with Crippen molar-refractivity contribution in [1.82, 2.24) is 19.6 Å². The van der Waals surface area contributed by atoms with Crippen molar-refractivity contribution in [2.75, 3.05) is 18.0 Å². The van der Waals surface area contributed by atoms with Crippen LogP contribution in [0.1, 0.15) is 43.6 Å². The normalized spacial score (nSPS) is 11.3. The van der Waals surface area contributed by atoms with Gasteiger partial charge in [-0.25, -0.2) is 4.98 Å². The van der Waals surface area contributed by atoms with Gasteiger partial charge >= 0.3 is 0 Å². The van der Waals surface area contributed by atoms with Gasteiger partial charge in [0, 0.05) is 34.6 Å². The molecule has 3 aromatic rings. The van der Waals surface area contributed by atoms with Crippen LogP contribution in [0.4, 0.5) is 5.82 Å². The second-order valence-electron chi connectivity index (χ2n) is 6.76. The predicted octanol–water partition coefficient (Wildman–Crippen LogP) is 4.95. The van der Waals surface area contributed by atoms with E-state index in [1.54, 1.807) is 0 Å². The van der Waals surface area contributed by atoms with Gasteiger partial charge in [0.15, 0.2) is 5.65 Å². The van der Waals surface area contributed by atoms with Gasteiger partial charge in [0.1, 0.15) is 5.82 Å². The van der Waals surface area contributed by atoms with E-state index in [1.807, 2.05) is 17.6 Å². The largest absolute Gasteiger partial charge is 0.356 e. The molecule has 0 bridgehead atoms. The summed E-state index contributed by atoms with van der Waals surface area (Å²) in [6, 6.07) is 4.30. The number of hydrogen-bond donors (Lipinski definition) is 0. The summed E-state index contributed by atoms with van der Waals surface area (Å²) in [6.07, 6.45) is 4.12. The fraction of sp³-hybridized carbons (Fsp3) is 0.450. The summed E-state index contributed by atoms with van der Waals surface area (Å²) in [4.78, 5) is 11.9. The van der Waals surface area contributed by atoms with E-state index in [9.17, 15) is 0 Å². The van der Waals surface area contributed by atoms with Crippen LogP contribution in [0.2, 0.25) is 0 Å². The molecule has 0 N–H and O–H groups in total. The van der Waals surface area contributed by atoms with Crippen molar-refractivity contribution in [1.29, 1.82) is 0 Å². The topological polar surface area (TPSA) is 46.3 Å². The predicted molar refractivity (Wildman–Crippen MR) is 116 cm³/mol. The number of aromatic nitrogens is 4. The average Bonchev–Trinajstić information content (AvgIpc) is 2.90. The van der Waals surface area contributed by atoms with Crippen LogP contribution in [0.15, 0.2) is 18.3 Å². The molecule has 0 atom stereocenters. The fourth-order valence-corrected chi connectivity index (χ4v) is 4.02. The molecule has 0 amide bonds. The number of anilines is 1. The molecule has 0 unspecified atom stereocenters. The number of aryl methyl sites for hydroxylation is 3. The summed E-state index contributed by atoms with van der Waals surface area (Å²) in [5.41, 5.74) is 6.03. The van der Waals surface area contributed by atoms with E-state index < -0.39 is 0 Å². The van der Waals surface area contributed by atoms with E-state index in [-0.39, 0.29) is 0 Å². The minimum Gasteiger partial charge on any atom is -0.356 e. The highest BCUT2D eigenvalue weighted by Crippen LogP contribution is 2.31. The van der Waals surface area contributed by atoms with Crippen LogP contribution in [0, 0.1) is 24.3 Å². The molecule has 3 heterocycles. The zero-order valence-electron chi connectivity index (χ0n) is 16.2. The number of pyridine rings is 1. The standard InChI is InChI=1S/C20H26IN5/c1-6-8-25(9-7-2)17-11-14(4)23-20-18(15(5)24-26(17)20)19-13(3)10-16(21)12-22-19/h10-12H,6-9H2,1-5H3. The highest BCUT2D eigenvalue weighted by atomic mass is 127. The van der Waals surface area contributed by atoms with Crippen molar-refractivity contribution in [3.05, 3.63) is 38.9 Å². The molecule has 138 valence electrons. The lowest BCUT2D eigenvalue weighted by Crippen LogP contribution is -2.27. The van der Waals surface area contributed by atoms with Crippen LogP contribution in [-0.2, 0) is 0 Å². The Bertz CT molecular complexity index is 926. The van der Waals surface area contributed by atoms with Gasteiger partial charge in [-0.2, -0.15) is 9.61 Å². The Hall–Kier alpha value is -1.70. The summed E-state index contributed by atoms with van der Waals surface area (Å²) < 4.78 is 3.14. The van der Waals surface area contributed by atoms with Gasteiger partial charge < -0.3 is 4.90 Å². The van der Waals surface area contributed by atoms with Gasteiger partial charge in [0.2, 0.25) is 0 Å². The van der Waals surface area contributed by atoms with Gasteiger partial charge in [0.25, 0.3) is 0 Å². The maximum Gasteiger partial charge on any atom is 0.167 e. The Balaban J connectivity index is 2.26. The van der Waals surface area contributed by atoms with Gasteiger partial charge in [-0.05, 0) is 67.8 Å². The van der Waals surface area contributed by atoms with Gasteiger partial charge in [-0.3, -0.25) is 4.98 Å². The van der Waals surface area contributed by atoms with Crippen molar-refractivity contribution >= 4 is 34.1 Å². The molecular formula is C20H26IN5. The summed E-state index contributed by atoms with van der Waals surface area (Å²) in [5, 5.41) is 4.85. The maximum atomic E-state index is 4.85. The lowest BCUT2D eigenvalue weighted by atomic mass is 10.1. The van der Waals surface area contributed by atoms with Crippen LogP contribution in [0.3, 0.4) is 0 Å². The molecule has 0 spiro atoms. The molecule has 5 nitrogen and oxygen atoms in total. The molecule has 0 aliphatic rings. The minimum absolute atomic E-state index is 0.895. The van der Waals surface area contributed by atoms with Crippen LogP contribution in [-0.4, -0.2) is 32.7 Å². The quantitative estimate of drug-likeness (QED) is 0.486. The molecule has 0 aliphatic heterocycles. The van der Waals surface area contributed by atoms with Gasteiger partial charge in [-0.1, -0.05) is 13.8 Å². The van der Waals surface area contributed by atoms with E-state index >= 15 is 0 Å². The number of hydrogen-bond acceptors (Lipinski definition) is 4. The van der Waals surface area contributed by atoms with Crippen molar-refractivity contribution in [2.24, 2.45) is 0 Å². The molecular weight excluding hydrogens is 437 g/mol. The first kappa shape index (κ1) is 19.1. The third-order valence-corrected chi connectivity index (χ3v) is 5.06. The highest BCUT2D eigenvalue weighted by Gasteiger charge is 2.20. The van der Waals surface area contributed by atoms with E-state index in [4.69, 9.17) is 15.1 Å². The summed E-state index contributed by atoms with van der Waals surface area (Å²) in [6.45, 7) is 12.7. The Kier molecular flexibility index (Phi) is 5.79. The number of fused-ring (bicyclic) bond motifs is 1. The lowest BCUT2D eigenvalue weighted by molar-refractivity contribution is 0.713. The second kappa shape index (κ2) is 7.90. The molecule has 6 heteroatoms. The number of rotatable bonds is 6.